The van der Waals surface area contributed by atoms with E-state index in [-0.39, 0.29) is 18.7 Å². The Morgan fingerprint density at radius 3 is 2.60 bits per heavy atom. The van der Waals surface area contributed by atoms with Gasteiger partial charge >= 0.3 is 6.03 Å². The van der Waals surface area contributed by atoms with Gasteiger partial charge in [-0.25, -0.2) is 4.79 Å². The lowest BCUT2D eigenvalue weighted by molar-refractivity contribution is 0.0870. The molecule has 0 bridgehead atoms. The molecule has 0 aromatic carbocycles. The number of urea groups is 1. The first-order chi connectivity index (χ1) is 7.24. The molecule has 1 aliphatic rings. The summed E-state index contributed by atoms with van der Waals surface area (Å²) < 4.78 is 0. The Labute approximate surface area is 91.9 Å². The van der Waals surface area contributed by atoms with Gasteiger partial charge in [-0.2, -0.15) is 0 Å². The van der Waals surface area contributed by atoms with E-state index < -0.39 is 0 Å². The van der Waals surface area contributed by atoms with Crippen molar-refractivity contribution in [3.8, 4) is 0 Å². The summed E-state index contributed by atoms with van der Waals surface area (Å²) in [5.74, 6) is 0. The van der Waals surface area contributed by atoms with Gasteiger partial charge in [-0.1, -0.05) is 0 Å². The van der Waals surface area contributed by atoms with Crippen LogP contribution in [0.4, 0.5) is 4.79 Å². The molecule has 0 spiro atoms. The summed E-state index contributed by atoms with van der Waals surface area (Å²) in [5.41, 5.74) is 0. The zero-order valence-corrected chi connectivity index (χ0v) is 9.78. The molecule has 1 atom stereocenters. The Balaban J connectivity index is 2.62. The predicted octanol–water partition coefficient (Wildman–Crippen LogP) is 1.30. The second-order valence-corrected chi connectivity index (χ2v) is 3.98. The summed E-state index contributed by atoms with van der Waals surface area (Å²) in [7, 11) is 0. The van der Waals surface area contributed by atoms with Gasteiger partial charge in [-0.3, -0.25) is 0 Å². The number of piperidine rings is 1. The normalized spacial score (nSPS) is 21.5. The molecule has 2 amide bonds. The standard InChI is InChI=1S/C11H22N2O2/c1-3-12(4-2)11(15)13-8-6-5-7-10(13)9-14/h10,14H,3-9H2,1-2H3. The number of likely N-dealkylation sites (tertiary alicyclic amines) is 1. The molecule has 1 unspecified atom stereocenters. The summed E-state index contributed by atoms with van der Waals surface area (Å²) in [6.07, 6.45) is 3.11. The van der Waals surface area contributed by atoms with Gasteiger partial charge in [0.2, 0.25) is 0 Å². The maximum atomic E-state index is 12.1. The first-order valence-electron chi connectivity index (χ1n) is 5.91. The minimum atomic E-state index is 0.0341. The monoisotopic (exact) mass is 214 g/mol. The minimum Gasteiger partial charge on any atom is -0.394 e. The lowest BCUT2D eigenvalue weighted by Gasteiger charge is -2.37. The van der Waals surface area contributed by atoms with Gasteiger partial charge in [0, 0.05) is 19.6 Å². The summed E-state index contributed by atoms with van der Waals surface area (Å²) in [4.78, 5) is 15.7. The molecule has 88 valence electrons. The van der Waals surface area contributed by atoms with Crippen LogP contribution in [0, 0.1) is 0 Å². The molecule has 1 saturated heterocycles. The van der Waals surface area contributed by atoms with Crippen LogP contribution in [0.25, 0.3) is 0 Å². The fourth-order valence-corrected chi connectivity index (χ4v) is 2.12. The van der Waals surface area contributed by atoms with Crippen LogP contribution < -0.4 is 0 Å². The van der Waals surface area contributed by atoms with Crippen LogP contribution in [-0.2, 0) is 0 Å². The Morgan fingerprint density at radius 1 is 1.40 bits per heavy atom. The van der Waals surface area contributed by atoms with Gasteiger partial charge in [-0.05, 0) is 33.1 Å². The quantitative estimate of drug-likeness (QED) is 0.769. The highest BCUT2D eigenvalue weighted by molar-refractivity contribution is 5.74. The molecule has 0 radical (unpaired) electrons. The van der Waals surface area contributed by atoms with Crippen molar-refractivity contribution in [2.45, 2.75) is 39.2 Å². The van der Waals surface area contributed by atoms with Crippen molar-refractivity contribution in [3.63, 3.8) is 0 Å². The van der Waals surface area contributed by atoms with E-state index in [4.69, 9.17) is 0 Å². The zero-order chi connectivity index (χ0) is 11.3. The maximum absolute atomic E-state index is 12.1. The number of hydrogen-bond acceptors (Lipinski definition) is 2. The van der Waals surface area contributed by atoms with Crippen LogP contribution in [0.15, 0.2) is 0 Å². The molecule has 0 saturated carbocycles. The number of aliphatic hydroxyl groups excluding tert-OH is 1. The highest BCUT2D eigenvalue weighted by Crippen LogP contribution is 2.18. The van der Waals surface area contributed by atoms with E-state index in [0.717, 1.165) is 38.9 Å². The highest BCUT2D eigenvalue weighted by Gasteiger charge is 2.28. The van der Waals surface area contributed by atoms with E-state index in [2.05, 4.69) is 0 Å². The molecule has 15 heavy (non-hydrogen) atoms. The van der Waals surface area contributed by atoms with Crippen LogP contribution >= 0.6 is 0 Å². The molecule has 4 nitrogen and oxygen atoms in total. The fourth-order valence-electron chi connectivity index (χ4n) is 2.12. The summed E-state index contributed by atoms with van der Waals surface area (Å²) in [6.45, 7) is 6.33. The van der Waals surface area contributed by atoms with Crippen molar-refractivity contribution in [1.82, 2.24) is 9.80 Å². The number of carbonyl (C=O) groups excluding carboxylic acids is 1. The van der Waals surface area contributed by atoms with Crippen LogP contribution in [0.3, 0.4) is 0 Å². The Kier molecular flexibility index (Phi) is 4.88. The third-order valence-corrected chi connectivity index (χ3v) is 3.12. The van der Waals surface area contributed by atoms with Crippen molar-refractivity contribution in [1.29, 1.82) is 0 Å². The third-order valence-electron chi connectivity index (χ3n) is 3.12. The van der Waals surface area contributed by atoms with E-state index in [9.17, 15) is 9.90 Å². The molecule has 1 fully saturated rings. The largest absolute Gasteiger partial charge is 0.394 e. The van der Waals surface area contributed by atoms with E-state index in [1.54, 1.807) is 0 Å². The second kappa shape index (κ2) is 5.95. The molecule has 1 heterocycles. The Hall–Kier alpha value is -0.770. The zero-order valence-electron chi connectivity index (χ0n) is 9.78. The molecule has 0 aromatic rings. The van der Waals surface area contributed by atoms with Crippen molar-refractivity contribution < 1.29 is 9.90 Å². The number of rotatable bonds is 3. The van der Waals surface area contributed by atoms with Gasteiger partial charge in [-0.15, -0.1) is 0 Å². The van der Waals surface area contributed by atoms with Gasteiger partial charge in [0.15, 0.2) is 0 Å². The number of nitrogens with zero attached hydrogens (tertiary/aromatic N) is 2. The third kappa shape index (κ3) is 2.84. The molecule has 1 rings (SSSR count). The summed E-state index contributed by atoms with van der Waals surface area (Å²) in [6, 6.07) is 0.116. The van der Waals surface area contributed by atoms with E-state index in [0.29, 0.717) is 0 Å². The second-order valence-electron chi connectivity index (χ2n) is 3.98. The van der Waals surface area contributed by atoms with Crippen LogP contribution in [0.2, 0.25) is 0 Å². The number of amides is 2. The van der Waals surface area contributed by atoms with Crippen molar-refractivity contribution in [2.75, 3.05) is 26.2 Å². The summed E-state index contributed by atoms with van der Waals surface area (Å²) >= 11 is 0. The fraction of sp³-hybridized carbons (Fsp3) is 0.909. The Bertz CT molecular complexity index is 205. The molecule has 0 aliphatic carbocycles. The first kappa shape index (κ1) is 12.3. The molecule has 1 N–H and O–H groups in total. The molecular weight excluding hydrogens is 192 g/mol. The average molecular weight is 214 g/mol. The number of aliphatic hydroxyl groups is 1. The minimum absolute atomic E-state index is 0.0341. The summed E-state index contributed by atoms with van der Waals surface area (Å²) in [5, 5.41) is 9.23. The lowest BCUT2D eigenvalue weighted by atomic mass is 10.0. The van der Waals surface area contributed by atoms with Crippen LogP contribution in [-0.4, -0.2) is 53.2 Å². The van der Waals surface area contributed by atoms with E-state index in [1.165, 1.54) is 0 Å². The van der Waals surface area contributed by atoms with Gasteiger partial charge in [0.25, 0.3) is 0 Å². The smallest absolute Gasteiger partial charge is 0.320 e. The highest BCUT2D eigenvalue weighted by atomic mass is 16.3. The van der Waals surface area contributed by atoms with Crippen molar-refractivity contribution in [3.05, 3.63) is 0 Å². The van der Waals surface area contributed by atoms with Gasteiger partial charge in [0.1, 0.15) is 0 Å². The predicted molar refractivity (Wildman–Crippen MR) is 59.7 cm³/mol. The van der Waals surface area contributed by atoms with Gasteiger partial charge < -0.3 is 14.9 Å². The van der Waals surface area contributed by atoms with Gasteiger partial charge in [0.05, 0.1) is 12.6 Å². The Morgan fingerprint density at radius 2 is 2.07 bits per heavy atom. The molecular formula is C11H22N2O2. The van der Waals surface area contributed by atoms with E-state index >= 15 is 0 Å². The molecule has 4 heteroatoms. The first-order valence-corrected chi connectivity index (χ1v) is 5.91. The number of carbonyl (C=O) groups is 1. The van der Waals surface area contributed by atoms with E-state index in [1.807, 2.05) is 23.6 Å². The SMILES string of the molecule is CCN(CC)C(=O)N1CCCCC1CO. The lowest BCUT2D eigenvalue weighted by Crippen LogP contribution is -2.51. The van der Waals surface area contributed by atoms with Crippen LogP contribution in [0.5, 0.6) is 0 Å². The number of hydrogen-bond donors (Lipinski definition) is 1. The molecule has 1 aliphatic heterocycles. The van der Waals surface area contributed by atoms with Crippen molar-refractivity contribution in [2.24, 2.45) is 0 Å². The van der Waals surface area contributed by atoms with Crippen molar-refractivity contribution >= 4 is 6.03 Å². The molecule has 0 aromatic heterocycles. The average Bonchev–Trinajstić information content (AvgIpc) is 2.30. The van der Waals surface area contributed by atoms with Crippen LogP contribution in [0.1, 0.15) is 33.1 Å². The maximum Gasteiger partial charge on any atom is 0.320 e. The topological polar surface area (TPSA) is 43.8 Å².